The van der Waals surface area contributed by atoms with Gasteiger partial charge < -0.3 is 20.1 Å². The van der Waals surface area contributed by atoms with Gasteiger partial charge in [-0.2, -0.15) is 0 Å². The van der Waals surface area contributed by atoms with E-state index in [0.717, 1.165) is 0 Å². The van der Waals surface area contributed by atoms with Crippen molar-refractivity contribution in [2.75, 3.05) is 33.9 Å². The second-order valence-corrected chi connectivity index (χ2v) is 3.92. The van der Waals surface area contributed by atoms with Crippen LogP contribution in [0.3, 0.4) is 0 Å². The van der Waals surface area contributed by atoms with Crippen molar-refractivity contribution in [2.45, 2.75) is 26.0 Å². The first-order valence-electron chi connectivity index (χ1n) is 5.11. The molecule has 5 heteroatoms. The molecule has 1 atom stereocenters. The molecular formula is C10H22N2O3. The third-order valence-electron chi connectivity index (χ3n) is 1.93. The molecule has 15 heavy (non-hydrogen) atoms. The Morgan fingerprint density at radius 2 is 2.13 bits per heavy atom. The lowest BCUT2D eigenvalue weighted by Gasteiger charge is -2.21. The van der Waals surface area contributed by atoms with E-state index in [1.165, 1.54) is 12.0 Å². The largest absolute Gasteiger partial charge is 0.389 e. The first-order valence-corrected chi connectivity index (χ1v) is 5.11. The number of nitrogens with zero attached hydrogens (tertiary/aromatic N) is 1. The van der Waals surface area contributed by atoms with E-state index in [2.05, 4.69) is 5.32 Å². The molecule has 0 aromatic carbocycles. The highest BCUT2D eigenvalue weighted by Crippen LogP contribution is 1.91. The van der Waals surface area contributed by atoms with Crippen LogP contribution in [0.15, 0.2) is 0 Å². The normalized spacial score (nSPS) is 12.9. The van der Waals surface area contributed by atoms with Crippen LogP contribution in [0.4, 0.5) is 0 Å². The van der Waals surface area contributed by atoms with Crippen molar-refractivity contribution in [2.24, 2.45) is 0 Å². The molecule has 0 saturated carbocycles. The zero-order valence-electron chi connectivity index (χ0n) is 9.99. The number of nitrogens with one attached hydrogen (secondary N) is 1. The molecule has 1 amide bonds. The van der Waals surface area contributed by atoms with E-state index in [9.17, 15) is 9.90 Å². The van der Waals surface area contributed by atoms with Gasteiger partial charge in [-0.25, -0.2) is 0 Å². The minimum absolute atomic E-state index is 0.0288. The van der Waals surface area contributed by atoms with Gasteiger partial charge in [0.25, 0.3) is 0 Å². The van der Waals surface area contributed by atoms with Crippen LogP contribution in [-0.2, 0) is 9.53 Å². The van der Waals surface area contributed by atoms with Crippen molar-refractivity contribution >= 4 is 5.91 Å². The van der Waals surface area contributed by atoms with Crippen molar-refractivity contribution < 1.29 is 14.6 Å². The monoisotopic (exact) mass is 218 g/mol. The number of hydrogen-bond donors (Lipinski definition) is 2. The highest BCUT2D eigenvalue weighted by atomic mass is 16.5. The van der Waals surface area contributed by atoms with Crippen LogP contribution >= 0.6 is 0 Å². The number of likely N-dealkylation sites (N-methyl/N-ethyl adjacent to an activating group) is 1. The molecule has 0 spiro atoms. The Kier molecular flexibility index (Phi) is 7.29. The molecule has 0 aromatic heterocycles. The Morgan fingerprint density at radius 1 is 1.53 bits per heavy atom. The summed E-state index contributed by atoms with van der Waals surface area (Å²) in [6.07, 6.45) is -0.622. The third-order valence-corrected chi connectivity index (χ3v) is 1.93. The van der Waals surface area contributed by atoms with E-state index in [1.807, 2.05) is 13.8 Å². The number of carbonyl (C=O) groups excluding carboxylic acids is 1. The zero-order chi connectivity index (χ0) is 11.8. The smallest absolute Gasteiger partial charge is 0.236 e. The molecule has 0 heterocycles. The van der Waals surface area contributed by atoms with Gasteiger partial charge in [0.15, 0.2) is 0 Å². The summed E-state index contributed by atoms with van der Waals surface area (Å²) in [5.74, 6) is -0.0288. The SMILES string of the molecule is COCC(O)CN(C)C(=O)CNC(C)C. The molecule has 0 aliphatic heterocycles. The van der Waals surface area contributed by atoms with Crippen LogP contribution in [0.25, 0.3) is 0 Å². The second-order valence-electron chi connectivity index (χ2n) is 3.92. The predicted octanol–water partition coefficient (Wildman–Crippen LogP) is -0.550. The molecule has 0 radical (unpaired) electrons. The molecular weight excluding hydrogens is 196 g/mol. The zero-order valence-corrected chi connectivity index (χ0v) is 9.99. The lowest BCUT2D eigenvalue weighted by molar-refractivity contribution is -0.130. The molecule has 0 aliphatic carbocycles. The number of methoxy groups -OCH3 is 1. The maximum absolute atomic E-state index is 11.5. The number of hydrogen-bond acceptors (Lipinski definition) is 4. The highest BCUT2D eigenvalue weighted by molar-refractivity contribution is 5.78. The summed E-state index contributed by atoms with van der Waals surface area (Å²) in [5, 5.41) is 12.4. The maximum atomic E-state index is 11.5. The van der Waals surface area contributed by atoms with Gasteiger partial charge in [-0.15, -0.1) is 0 Å². The molecule has 0 bridgehead atoms. The molecule has 0 rings (SSSR count). The number of ether oxygens (including phenoxy) is 1. The number of amides is 1. The summed E-state index contributed by atoms with van der Waals surface area (Å²) in [7, 11) is 3.19. The van der Waals surface area contributed by atoms with Gasteiger partial charge in [0, 0.05) is 26.7 Å². The van der Waals surface area contributed by atoms with E-state index in [0.29, 0.717) is 13.1 Å². The summed E-state index contributed by atoms with van der Waals surface area (Å²) in [5.41, 5.74) is 0. The number of aliphatic hydroxyl groups is 1. The summed E-state index contributed by atoms with van der Waals surface area (Å²) in [4.78, 5) is 13.0. The quantitative estimate of drug-likeness (QED) is 0.602. The van der Waals surface area contributed by atoms with E-state index >= 15 is 0 Å². The van der Waals surface area contributed by atoms with Gasteiger partial charge >= 0.3 is 0 Å². The first kappa shape index (κ1) is 14.3. The van der Waals surface area contributed by atoms with Gasteiger partial charge in [0.1, 0.15) is 0 Å². The molecule has 0 aliphatic rings. The summed E-state index contributed by atoms with van der Waals surface area (Å²) < 4.78 is 4.78. The molecule has 90 valence electrons. The van der Waals surface area contributed by atoms with Crippen molar-refractivity contribution in [3.8, 4) is 0 Å². The maximum Gasteiger partial charge on any atom is 0.236 e. The van der Waals surface area contributed by atoms with Crippen molar-refractivity contribution in [1.82, 2.24) is 10.2 Å². The summed E-state index contributed by atoms with van der Waals surface area (Å²) in [6, 6.07) is 0.284. The second kappa shape index (κ2) is 7.62. The topological polar surface area (TPSA) is 61.8 Å². The average molecular weight is 218 g/mol. The molecule has 0 aromatic rings. The number of aliphatic hydroxyl groups excluding tert-OH is 1. The van der Waals surface area contributed by atoms with Crippen LogP contribution in [-0.4, -0.2) is 61.9 Å². The van der Waals surface area contributed by atoms with Crippen LogP contribution < -0.4 is 5.32 Å². The van der Waals surface area contributed by atoms with Crippen LogP contribution in [0, 0.1) is 0 Å². The minimum Gasteiger partial charge on any atom is -0.389 e. The number of rotatable bonds is 7. The Hall–Kier alpha value is -0.650. The summed E-state index contributed by atoms with van der Waals surface area (Å²) in [6.45, 7) is 4.80. The van der Waals surface area contributed by atoms with Crippen molar-refractivity contribution in [3.63, 3.8) is 0 Å². The Bertz CT molecular complexity index is 186. The lowest BCUT2D eigenvalue weighted by atomic mass is 10.3. The predicted molar refractivity (Wildman–Crippen MR) is 58.7 cm³/mol. The first-order chi connectivity index (χ1) is 6.97. The van der Waals surface area contributed by atoms with E-state index < -0.39 is 6.10 Å². The van der Waals surface area contributed by atoms with Crippen molar-refractivity contribution in [1.29, 1.82) is 0 Å². The lowest BCUT2D eigenvalue weighted by Crippen LogP contribution is -2.42. The van der Waals surface area contributed by atoms with Gasteiger partial charge in [-0.1, -0.05) is 13.8 Å². The van der Waals surface area contributed by atoms with Gasteiger partial charge in [0.2, 0.25) is 5.91 Å². The summed E-state index contributed by atoms with van der Waals surface area (Å²) >= 11 is 0. The van der Waals surface area contributed by atoms with E-state index in [-0.39, 0.29) is 18.6 Å². The van der Waals surface area contributed by atoms with Crippen LogP contribution in [0.5, 0.6) is 0 Å². The average Bonchev–Trinajstić information content (AvgIpc) is 2.14. The number of carbonyl (C=O) groups is 1. The Labute approximate surface area is 91.4 Å². The van der Waals surface area contributed by atoms with Crippen LogP contribution in [0.1, 0.15) is 13.8 Å². The molecule has 0 fully saturated rings. The third kappa shape index (κ3) is 7.30. The Balaban J connectivity index is 3.78. The van der Waals surface area contributed by atoms with E-state index in [1.54, 1.807) is 7.05 Å². The fourth-order valence-corrected chi connectivity index (χ4v) is 1.09. The van der Waals surface area contributed by atoms with Gasteiger partial charge in [-0.3, -0.25) is 4.79 Å². The van der Waals surface area contributed by atoms with Crippen LogP contribution in [0.2, 0.25) is 0 Å². The molecule has 2 N–H and O–H groups in total. The fourth-order valence-electron chi connectivity index (χ4n) is 1.09. The minimum atomic E-state index is -0.622. The Morgan fingerprint density at radius 3 is 2.60 bits per heavy atom. The molecule has 5 nitrogen and oxygen atoms in total. The van der Waals surface area contributed by atoms with E-state index in [4.69, 9.17) is 4.74 Å². The van der Waals surface area contributed by atoms with Gasteiger partial charge in [-0.05, 0) is 0 Å². The van der Waals surface area contributed by atoms with Crippen molar-refractivity contribution in [3.05, 3.63) is 0 Å². The standard InChI is InChI=1S/C10H22N2O3/c1-8(2)11-5-10(14)12(3)6-9(13)7-15-4/h8-9,11,13H,5-7H2,1-4H3. The van der Waals surface area contributed by atoms with Gasteiger partial charge in [0.05, 0.1) is 19.3 Å². The molecule has 0 saturated heterocycles. The highest BCUT2D eigenvalue weighted by Gasteiger charge is 2.13. The molecule has 1 unspecified atom stereocenters. The fraction of sp³-hybridized carbons (Fsp3) is 0.900.